The Hall–Kier alpha value is -1.04. The van der Waals surface area contributed by atoms with Crippen LogP contribution < -0.4 is 10.6 Å². The molecule has 1 amide bonds. The van der Waals surface area contributed by atoms with Crippen LogP contribution in [-0.4, -0.2) is 41.7 Å². The van der Waals surface area contributed by atoms with Crippen LogP contribution in [0.1, 0.15) is 11.6 Å². The first-order valence-corrected chi connectivity index (χ1v) is 7.24. The van der Waals surface area contributed by atoms with E-state index in [-0.39, 0.29) is 24.6 Å². The molecule has 4 nitrogen and oxygen atoms in total. The molecule has 3 N–H and O–H groups in total. The highest BCUT2D eigenvalue weighted by Crippen LogP contribution is 2.13. The van der Waals surface area contributed by atoms with Crippen molar-refractivity contribution in [3.8, 4) is 0 Å². The third kappa shape index (κ3) is 3.48. The summed E-state index contributed by atoms with van der Waals surface area (Å²) in [5.41, 5.74) is 0.928. The van der Waals surface area contributed by atoms with Gasteiger partial charge in [0.05, 0.1) is 18.7 Å². The zero-order chi connectivity index (χ0) is 12.8. The third-order valence-corrected chi connectivity index (χ3v) is 4.00. The quantitative estimate of drug-likeness (QED) is 0.744. The van der Waals surface area contributed by atoms with Gasteiger partial charge < -0.3 is 15.7 Å². The summed E-state index contributed by atoms with van der Waals surface area (Å²) in [6.45, 7) is 0.771. The van der Waals surface area contributed by atoms with Crippen molar-refractivity contribution in [2.75, 3.05) is 24.7 Å². The van der Waals surface area contributed by atoms with Crippen molar-refractivity contribution in [1.29, 1.82) is 0 Å². The number of rotatable bonds is 4. The van der Waals surface area contributed by atoms with E-state index in [4.69, 9.17) is 0 Å². The summed E-state index contributed by atoms with van der Waals surface area (Å²) >= 11 is 1.78. The summed E-state index contributed by atoms with van der Waals surface area (Å²) in [4.78, 5) is 12.0. The Morgan fingerprint density at radius 2 is 2.28 bits per heavy atom. The number of hydrogen-bond acceptors (Lipinski definition) is 4. The molecular weight excluding hydrogens is 248 g/mol. The third-order valence-electron chi connectivity index (χ3n) is 2.94. The van der Waals surface area contributed by atoms with Crippen LogP contribution in [0.3, 0.4) is 0 Å². The van der Waals surface area contributed by atoms with Gasteiger partial charge in [-0.2, -0.15) is 11.8 Å². The molecule has 1 aromatic carbocycles. The number of thioether (sulfide) groups is 1. The summed E-state index contributed by atoms with van der Waals surface area (Å²) in [7, 11) is 0. The number of hydrogen-bond donors (Lipinski definition) is 3. The summed E-state index contributed by atoms with van der Waals surface area (Å²) in [5, 5.41) is 15.5. The zero-order valence-corrected chi connectivity index (χ0v) is 11.0. The summed E-state index contributed by atoms with van der Waals surface area (Å²) in [5.74, 6) is 1.80. The van der Waals surface area contributed by atoms with Crippen LogP contribution in [0.2, 0.25) is 0 Å². The molecule has 0 bridgehead atoms. The van der Waals surface area contributed by atoms with E-state index in [1.54, 1.807) is 11.8 Å². The molecule has 0 aliphatic carbocycles. The first kappa shape index (κ1) is 13.4. The fraction of sp³-hybridized carbons (Fsp3) is 0.462. The SMILES string of the molecule is O=C(NC(CO)c1ccccc1)C1CSCCN1. The van der Waals surface area contributed by atoms with E-state index in [9.17, 15) is 9.90 Å². The van der Waals surface area contributed by atoms with Crippen LogP contribution in [0.5, 0.6) is 0 Å². The molecule has 5 heteroatoms. The Morgan fingerprint density at radius 3 is 2.89 bits per heavy atom. The summed E-state index contributed by atoms with van der Waals surface area (Å²) < 4.78 is 0. The van der Waals surface area contributed by atoms with Gasteiger partial charge in [-0.15, -0.1) is 0 Å². The molecule has 0 aromatic heterocycles. The molecule has 1 heterocycles. The molecule has 0 saturated carbocycles. The van der Waals surface area contributed by atoms with Crippen molar-refractivity contribution in [3.05, 3.63) is 35.9 Å². The normalized spacial score (nSPS) is 21.3. The molecule has 1 aromatic rings. The monoisotopic (exact) mass is 266 g/mol. The lowest BCUT2D eigenvalue weighted by Crippen LogP contribution is -2.50. The van der Waals surface area contributed by atoms with Gasteiger partial charge in [0.1, 0.15) is 0 Å². The average Bonchev–Trinajstić information content (AvgIpc) is 2.46. The van der Waals surface area contributed by atoms with Crippen molar-refractivity contribution in [1.82, 2.24) is 10.6 Å². The van der Waals surface area contributed by atoms with Gasteiger partial charge >= 0.3 is 0 Å². The van der Waals surface area contributed by atoms with Crippen molar-refractivity contribution < 1.29 is 9.90 Å². The van der Waals surface area contributed by atoms with Crippen molar-refractivity contribution in [2.24, 2.45) is 0 Å². The van der Waals surface area contributed by atoms with E-state index < -0.39 is 0 Å². The first-order chi connectivity index (χ1) is 8.81. The lowest BCUT2D eigenvalue weighted by Gasteiger charge is -2.25. The maximum Gasteiger partial charge on any atom is 0.238 e. The van der Waals surface area contributed by atoms with Gasteiger partial charge in [-0.25, -0.2) is 0 Å². The Bertz CT molecular complexity index is 380. The minimum absolute atomic E-state index is 0.0369. The maximum atomic E-state index is 12.0. The van der Waals surface area contributed by atoms with Crippen molar-refractivity contribution >= 4 is 17.7 Å². The Balaban J connectivity index is 1.95. The van der Waals surface area contributed by atoms with Gasteiger partial charge in [-0.1, -0.05) is 30.3 Å². The number of amides is 1. The highest BCUT2D eigenvalue weighted by Gasteiger charge is 2.23. The largest absolute Gasteiger partial charge is 0.394 e. The molecular formula is C13H18N2O2S. The molecule has 1 fully saturated rings. The Kier molecular flexibility index (Phi) is 5.04. The summed E-state index contributed by atoms with van der Waals surface area (Å²) in [6.07, 6.45) is 0. The average molecular weight is 266 g/mol. The number of nitrogens with one attached hydrogen (secondary N) is 2. The van der Waals surface area contributed by atoms with Crippen LogP contribution in [0.4, 0.5) is 0 Å². The highest BCUT2D eigenvalue weighted by atomic mass is 32.2. The number of aliphatic hydroxyl groups excluding tert-OH is 1. The van der Waals surface area contributed by atoms with Crippen LogP contribution in [-0.2, 0) is 4.79 Å². The lowest BCUT2D eigenvalue weighted by atomic mass is 10.1. The molecule has 2 rings (SSSR count). The zero-order valence-electron chi connectivity index (χ0n) is 10.1. The lowest BCUT2D eigenvalue weighted by molar-refractivity contribution is -0.123. The second kappa shape index (κ2) is 6.78. The van der Waals surface area contributed by atoms with E-state index in [1.165, 1.54) is 0 Å². The fourth-order valence-corrected chi connectivity index (χ4v) is 2.86. The van der Waals surface area contributed by atoms with E-state index in [0.717, 1.165) is 23.6 Å². The first-order valence-electron chi connectivity index (χ1n) is 6.08. The van der Waals surface area contributed by atoms with Gasteiger partial charge in [0.2, 0.25) is 5.91 Å². The van der Waals surface area contributed by atoms with Gasteiger partial charge in [0.15, 0.2) is 0 Å². The highest BCUT2D eigenvalue weighted by molar-refractivity contribution is 7.99. The molecule has 0 spiro atoms. The second-order valence-corrected chi connectivity index (χ2v) is 5.39. The van der Waals surface area contributed by atoms with Gasteiger partial charge in [-0.05, 0) is 5.56 Å². The van der Waals surface area contributed by atoms with E-state index in [1.807, 2.05) is 30.3 Å². The van der Waals surface area contributed by atoms with Gasteiger partial charge in [0.25, 0.3) is 0 Å². The van der Waals surface area contributed by atoms with Crippen LogP contribution in [0, 0.1) is 0 Å². The van der Waals surface area contributed by atoms with Gasteiger partial charge in [0, 0.05) is 18.1 Å². The van der Waals surface area contributed by atoms with E-state index in [2.05, 4.69) is 10.6 Å². The number of aliphatic hydroxyl groups is 1. The van der Waals surface area contributed by atoms with Crippen LogP contribution in [0.15, 0.2) is 30.3 Å². The smallest absolute Gasteiger partial charge is 0.238 e. The fourth-order valence-electron chi connectivity index (χ4n) is 1.93. The molecule has 1 aliphatic rings. The Morgan fingerprint density at radius 1 is 1.50 bits per heavy atom. The molecule has 1 aliphatic heterocycles. The van der Waals surface area contributed by atoms with E-state index >= 15 is 0 Å². The number of carbonyl (C=O) groups excluding carboxylic acids is 1. The number of carbonyl (C=O) groups is 1. The minimum Gasteiger partial charge on any atom is -0.394 e. The topological polar surface area (TPSA) is 61.4 Å². The Labute approximate surface area is 111 Å². The molecule has 1 saturated heterocycles. The van der Waals surface area contributed by atoms with Crippen molar-refractivity contribution in [3.63, 3.8) is 0 Å². The summed E-state index contributed by atoms with van der Waals surface area (Å²) in [6, 6.07) is 9.06. The standard InChI is InChI=1S/C13H18N2O2S/c16-8-11(10-4-2-1-3-5-10)15-13(17)12-9-18-7-6-14-12/h1-5,11-12,14,16H,6-9H2,(H,15,17). The number of benzene rings is 1. The molecule has 18 heavy (non-hydrogen) atoms. The predicted octanol–water partition coefficient (Wildman–Crippen LogP) is 0.541. The predicted molar refractivity (Wildman–Crippen MR) is 73.5 cm³/mol. The molecule has 2 unspecified atom stereocenters. The maximum absolute atomic E-state index is 12.0. The van der Waals surface area contributed by atoms with Gasteiger partial charge in [-0.3, -0.25) is 4.79 Å². The van der Waals surface area contributed by atoms with Crippen molar-refractivity contribution in [2.45, 2.75) is 12.1 Å². The minimum atomic E-state index is -0.326. The van der Waals surface area contributed by atoms with Crippen LogP contribution >= 0.6 is 11.8 Å². The molecule has 0 radical (unpaired) electrons. The second-order valence-electron chi connectivity index (χ2n) is 4.24. The molecule has 98 valence electrons. The molecule has 2 atom stereocenters. The van der Waals surface area contributed by atoms with Crippen LogP contribution in [0.25, 0.3) is 0 Å². The van der Waals surface area contributed by atoms with E-state index in [0.29, 0.717) is 0 Å².